The molecule has 2 heterocycles. The lowest BCUT2D eigenvalue weighted by Gasteiger charge is -2.30. The molecule has 1 N–H and O–H groups in total. The van der Waals surface area contributed by atoms with E-state index in [1.165, 1.54) is 0 Å². The van der Waals surface area contributed by atoms with Crippen LogP contribution in [0.15, 0.2) is 22.8 Å². The number of aromatic nitrogens is 1. The van der Waals surface area contributed by atoms with Crippen LogP contribution in [0.5, 0.6) is 0 Å². The van der Waals surface area contributed by atoms with Gasteiger partial charge in [-0.3, -0.25) is 4.98 Å². The Morgan fingerprint density at radius 2 is 2.24 bits per heavy atom. The van der Waals surface area contributed by atoms with E-state index in [2.05, 4.69) is 45.3 Å². The van der Waals surface area contributed by atoms with Crippen molar-refractivity contribution in [3.05, 3.63) is 28.5 Å². The third-order valence-corrected chi connectivity index (χ3v) is 3.70. The highest BCUT2D eigenvalue weighted by molar-refractivity contribution is 9.10. The number of pyridine rings is 1. The van der Waals surface area contributed by atoms with E-state index in [0.29, 0.717) is 12.0 Å². The molecule has 1 aliphatic rings. The molecule has 94 valence electrons. The van der Waals surface area contributed by atoms with Crippen molar-refractivity contribution in [3.63, 3.8) is 0 Å². The van der Waals surface area contributed by atoms with Crippen molar-refractivity contribution in [1.82, 2.24) is 10.3 Å². The zero-order chi connectivity index (χ0) is 12.1. The van der Waals surface area contributed by atoms with Gasteiger partial charge < -0.3 is 10.1 Å². The molecule has 2 rings (SSSR count). The molecule has 1 atom stereocenters. The summed E-state index contributed by atoms with van der Waals surface area (Å²) in [5, 5.41) is 3.55. The fourth-order valence-corrected chi connectivity index (χ4v) is 2.59. The van der Waals surface area contributed by atoms with Gasteiger partial charge in [0.2, 0.25) is 0 Å². The molecule has 0 spiro atoms. The first-order valence-corrected chi connectivity index (χ1v) is 7.03. The lowest BCUT2D eigenvalue weighted by molar-refractivity contribution is 0.0533. The van der Waals surface area contributed by atoms with Crippen LogP contribution in [-0.4, -0.2) is 24.7 Å². The highest BCUT2D eigenvalue weighted by Crippen LogP contribution is 2.29. The minimum atomic E-state index is 0.358. The van der Waals surface area contributed by atoms with E-state index in [1.807, 2.05) is 6.20 Å². The molecule has 17 heavy (non-hydrogen) atoms. The molecular weight excluding hydrogens is 280 g/mol. The van der Waals surface area contributed by atoms with E-state index >= 15 is 0 Å². The molecule has 0 bridgehead atoms. The van der Waals surface area contributed by atoms with Crippen LogP contribution < -0.4 is 5.32 Å². The van der Waals surface area contributed by atoms with E-state index in [1.54, 1.807) is 0 Å². The van der Waals surface area contributed by atoms with Gasteiger partial charge in [0.05, 0.1) is 11.7 Å². The summed E-state index contributed by atoms with van der Waals surface area (Å²) < 4.78 is 6.46. The third-order valence-electron chi connectivity index (χ3n) is 3.23. The molecule has 1 aliphatic heterocycles. The predicted molar refractivity (Wildman–Crippen MR) is 71.9 cm³/mol. The molecule has 3 nitrogen and oxygen atoms in total. The molecule has 1 fully saturated rings. The van der Waals surface area contributed by atoms with E-state index in [4.69, 9.17) is 4.74 Å². The van der Waals surface area contributed by atoms with Crippen LogP contribution in [0, 0.1) is 5.92 Å². The number of hydrogen-bond donors (Lipinski definition) is 1. The second-order valence-electron chi connectivity index (χ2n) is 4.39. The normalized spacial score (nSPS) is 19.2. The Morgan fingerprint density at radius 3 is 2.82 bits per heavy atom. The van der Waals surface area contributed by atoms with Crippen molar-refractivity contribution in [3.8, 4) is 0 Å². The third kappa shape index (κ3) is 3.50. The van der Waals surface area contributed by atoms with Crippen molar-refractivity contribution in [2.75, 3.05) is 19.8 Å². The number of hydrogen-bond acceptors (Lipinski definition) is 3. The van der Waals surface area contributed by atoms with Crippen LogP contribution in [0.1, 0.15) is 31.5 Å². The predicted octanol–water partition coefficient (Wildman–Crippen LogP) is 2.92. The second kappa shape index (κ2) is 6.47. The molecule has 1 saturated heterocycles. The van der Waals surface area contributed by atoms with E-state index < -0.39 is 0 Å². The summed E-state index contributed by atoms with van der Waals surface area (Å²) >= 11 is 3.43. The quantitative estimate of drug-likeness (QED) is 0.928. The van der Waals surface area contributed by atoms with Gasteiger partial charge in [0.25, 0.3) is 0 Å². The first-order valence-electron chi connectivity index (χ1n) is 6.24. The molecule has 1 aromatic heterocycles. The minimum absolute atomic E-state index is 0.358. The highest BCUT2D eigenvalue weighted by Gasteiger charge is 2.25. The highest BCUT2D eigenvalue weighted by atomic mass is 79.9. The maximum Gasteiger partial charge on any atom is 0.0576 e. The Balaban J connectivity index is 2.12. The van der Waals surface area contributed by atoms with E-state index in [0.717, 1.165) is 42.8 Å². The number of rotatable bonds is 4. The van der Waals surface area contributed by atoms with Gasteiger partial charge in [-0.25, -0.2) is 0 Å². The average molecular weight is 299 g/mol. The van der Waals surface area contributed by atoms with Crippen LogP contribution in [0.2, 0.25) is 0 Å². The Morgan fingerprint density at radius 1 is 1.47 bits per heavy atom. The van der Waals surface area contributed by atoms with Gasteiger partial charge in [-0.2, -0.15) is 0 Å². The van der Waals surface area contributed by atoms with Crippen LogP contribution in [0.4, 0.5) is 0 Å². The number of nitrogens with zero attached hydrogens (tertiary/aromatic N) is 1. The number of halogens is 1. The van der Waals surface area contributed by atoms with E-state index in [9.17, 15) is 0 Å². The standard InChI is InChI=1S/C13H19BrN2O/c1-2-15-13(10-5-7-17-8-6-10)12-4-3-11(14)9-16-12/h3-4,9-10,13,15H,2,5-8H2,1H3. The second-order valence-corrected chi connectivity index (χ2v) is 5.30. The zero-order valence-corrected chi connectivity index (χ0v) is 11.7. The summed E-state index contributed by atoms with van der Waals surface area (Å²) in [5.41, 5.74) is 1.14. The average Bonchev–Trinajstić information content (AvgIpc) is 2.38. The van der Waals surface area contributed by atoms with Gasteiger partial charge in [0, 0.05) is 23.9 Å². The SMILES string of the molecule is CCNC(c1ccc(Br)cn1)C1CCOCC1. The molecule has 0 aromatic carbocycles. The summed E-state index contributed by atoms with van der Waals surface area (Å²) in [6.45, 7) is 4.87. The lowest BCUT2D eigenvalue weighted by atomic mass is 9.89. The molecule has 0 saturated carbocycles. The summed E-state index contributed by atoms with van der Waals surface area (Å²) in [4.78, 5) is 4.52. The molecule has 1 aromatic rings. The van der Waals surface area contributed by atoms with Gasteiger partial charge in [0.15, 0.2) is 0 Å². The Hall–Kier alpha value is -0.450. The maximum atomic E-state index is 5.43. The van der Waals surface area contributed by atoms with Gasteiger partial charge in [-0.15, -0.1) is 0 Å². The van der Waals surface area contributed by atoms with Crippen molar-refractivity contribution < 1.29 is 4.74 Å². The van der Waals surface area contributed by atoms with Crippen molar-refractivity contribution in [2.45, 2.75) is 25.8 Å². The van der Waals surface area contributed by atoms with Crippen molar-refractivity contribution in [1.29, 1.82) is 0 Å². The first-order chi connectivity index (χ1) is 8.31. The number of ether oxygens (including phenoxy) is 1. The summed E-state index contributed by atoms with van der Waals surface area (Å²) in [7, 11) is 0. The van der Waals surface area contributed by atoms with Gasteiger partial charge in [-0.1, -0.05) is 6.92 Å². The largest absolute Gasteiger partial charge is 0.381 e. The summed E-state index contributed by atoms with van der Waals surface area (Å²) in [5.74, 6) is 0.636. The smallest absolute Gasteiger partial charge is 0.0576 e. The van der Waals surface area contributed by atoms with Crippen molar-refractivity contribution >= 4 is 15.9 Å². The van der Waals surface area contributed by atoms with Gasteiger partial charge in [-0.05, 0) is 53.4 Å². The maximum absolute atomic E-state index is 5.43. The molecular formula is C13H19BrN2O. The number of nitrogens with one attached hydrogen (secondary N) is 1. The van der Waals surface area contributed by atoms with Crippen LogP contribution in [-0.2, 0) is 4.74 Å². The van der Waals surface area contributed by atoms with Gasteiger partial charge >= 0.3 is 0 Å². The van der Waals surface area contributed by atoms with E-state index in [-0.39, 0.29) is 0 Å². The van der Waals surface area contributed by atoms with Crippen LogP contribution in [0.25, 0.3) is 0 Å². The molecule has 0 aliphatic carbocycles. The summed E-state index contributed by atoms with van der Waals surface area (Å²) in [6, 6.07) is 4.52. The van der Waals surface area contributed by atoms with Crippen LogP contribution in [0.3, 0.4) is 0 Å². The Bertz CT molecular complexity index is 336. The fraction of sp³-hybridized carbons (Fsp3) is 0.615. The molecule has 0 amide bonds. The lowest BCUT2D eigenvalue weighted by Crippen LogP contribution is -2.32. The molecule has 0 radical (unpaired) electrons. The first kappa shape index (κ1) is 13.0. The molecule has 4 heteroatoms. The topological polar surface area (TPSA) is 34.2 Å². The fourth-order valence-electron chi connectivity index (χ4n) is 2.35. The Labute approximate surface area is 111 Å². The van der Waals surface area contributed by atoms with Crippen molar-refractivity contribution in [2.24, 2.45) is 5.92 Å². The Kier molecular flexibility index (Phi) is 4.95. The molecule has 1 unspecified atom stereocenters. The summed E-state index contributed by atoms with van der Waals surface area (Å²) in [6.07, 6.45) is 4.11. The van der Waals surface area contributed by atoms with Gasteiger partial charge in [0.1, 0.15) is 0 Å². The van der Waals surface area contributed by atoms with Crippen LogP contribution >= 0.6 is 15.9 Å². The zero-order valence-electron chi connectivity index (χ0n) is 10.2. The minimum Gasteiger partial charge on any atom is -0.381 e. The monoisotopic (exact) mass is 298 g/mol.